The second kappa shape index (κ2) is 8.56. The number of carbonyl (C=O) groups is 2. The predicted molar refractivity (Wildman–Crippen MR) is 134 cm³/mol. The SMILES string of the molecule is O=C1c2ccccc2C(=O)N1c1c(S(=O)(=O)Nc2ccccc2)c2nccnc2n1C1CCCCC1. The number of imide groups is 1. The van der Waals surface area contributed by atoms with Gasteiger partial charge < -0.3 is 4.57 Å². The molecule has 0 bridgehead atoms. The highest BCUT2D eigenvalue weighted by atomic mass is 32.2. The predicted octanol–water partition coefficient (Wildman–Crippen LogP) is 4.54. The van der Waals surface area contributed by atoms with E-state index in [0.717, 1.165) is 37.0 Å². The number of nitrogens with zero attached hydrogens (tertiary/aromatic N) is 4. The first-order chi connectivity index (χ1) is 17.5. The minimum absolute atomic E-state index is 0.00210. The van der Waals surface area contributed by atoms with Gasteiger partial charge in [-0.2, -0.15) is 0 Å². The van der Waals surface area contributed by atoms with Gasteiger partial charge in [-0.1, -0.05) is 49.6 Å². The Kier molecular flexibility index (Phi) is 5.33. The summed E-state index contributed by atoms with van der Waals surface area (Å²) in [5, 5.41) is 0. The second-order valence-corrected chi connectivity index (χ2v) is 10.6. The molecule has 0 atom stereocenters. The highest BCUT2D eigenvalue weighted by molar-refractivity contribution is 7.93. The number of para-hydroxylation sites is 1. The molecular weight excluding hydrogens is 478 g/mol. The molecule has 2 aromatic carbocycles. The van der Waals surface area contributed by atoms with Crippen molar-refractivity contribution < 1.29 is 18.0 Å². The van der Waals surface area contributed by atoms with Crippen molar-refractivity contribution in [3.63, 3.8) is 0 Å². The van der Waals surface area contributed by atoms with Gasteiger partial charge >= 0.3 is 0 Å². The Hall–Kier alpha value is -4.05. The van der Waals surface area contributed by atoms with Gasteiger partial charge in [0.1, 0.15) is 11.3 Å². The highest BCUT2D eigenvalue weighted by Crippen LogP contribution is 2.44. The van der Waals surface area contributed by atoms with Crippen LogP contribution in [0.5, 0.6) is 0 Å². The van der Waals surface area contributed by atoms with E-state index in [1.54, 1.807) is 59.2 Å². The zero-order valence-electron chi connectivity index (χ0n) is 19.3. The molecule has 1 fully saturated rings. The molecule has 10 heteroatoms. The van der Waals surface area contributed by atoms with Gasteiger partial charge in [0.15, 0.2) is 10.5 Å². The van der Waals surface area contributed by atoms with Crippen molar-refractivity contribution in [3.8, 4) is 0 Å². The molecule has 0 unspecified atom stereocenters. The number of fused-ring (bicyclic) bond motifs is 2. The molecule has 1 aliphatic carbocycles. The van der Waals surface area contributed by atoms with E-state index in [0.29, 0.717) is 11.3 Å². The molecule has 1 aliphatic heterocycles. The molecule has 1 N–H and O–H groups in total. The van der Waals surface area contributed by atoms with Crippen LogP contribution in [0.1, 0.15) is 58.9 Å². The number of amides is 2. The molecular formula is C26H23N5O4S. The van der Waals surface area contributed by atoms with Crippen molar-refractivity contribution in [1.29, 1.82) is 0 Å². The number of benzene rings is 2. The van der Waals surface area contributed by atoms with Crippen molar-refractivity contribution in [2.45, 2.75) is 43.0 Å². The Morgan fingerprint density at radius 2 is 1.42 bits per heavy atom. The average molecular weight is 502 g/mol. The van der Waals surface area contributed by atoms with Gasteiger partial charge in [0.2, 0.25) is 0 Å². The van der Waals surface area contributed by atoms with Gasteiger partial charge in [0.05, 0.1) is 11.1 Å². The zero-order chi connectivity index (χ0) is 24.9. The van der Waals surface area contributed by atoms with Crippen LogP contribution in [0.15, 0.2) is 71.9 Å². The Morgan fingerprint density at radius 3 is 2.08 bits per heavy atom. The lowest BCUT2D eigenvalue weighted by atomic mass is 9.95. The first-order valence-electron chi connectivity index (χ1n) is 11.9. The van der Waals surface area contributed by atoms with Crippen LogP contribution in [-0.4, -0.2) is 34.8 Å². The van der Waals surface area contributed by atoms with Gasteiger partial charge in [-0.3, -0.25) is 14.3 Å². The standard InChI is InChI=1S/C26H23N5O4S/c32-25-19-13-7-8-14-20(19)26(33)31(25)24-22(36(34,35)29-17-9-3-1-4-10-17)21-23(28-16-15-27-21)30(24)18-11-5-2-6-12-18/h1,3-4,7-10,13-16,18,29H,2,5-6,11-12H2. The average Bonchev–Trinajstić information content (AvgIpc) is 3.37. The maximum atomic E-state index is 13.9. The fraction of sp³-hybridized carbons (Fsp3) is 0.231. The number of carbonyl (C=O) groups excluding carboxylic acids is 2. The van der Waals surface area contributed by atoms with Crippen molar-refractivity contribution in [2.24, 2.45) is 0 Å². The number of rotatable bonds is 5. The molecule has 36 heavy (non-hydrogen) atoms. The summed E-state index contributed by atoms with van der Waals surface area (Å²) >= 11 is 0. The summed E-state index contributed by atoms with van der Waals surface area (Å²) in [6, 6.07) is 14.9. The van der Waals surface area contributed by atoms with Gasteiger partial charge in [-0.15, -0.1) is 0 Å². The number of anilines is 2. The van der Waals surface area contributed by atoms with Gasteiger partial charge in [0, 0.05) is 24.1 Å². The van der Waals surface area contributed by atoms with E-state index in [1.807, 2.05) is 0 Å². The van der Waals surface area contributed by atoms with E-state index < -0.39 is 21.8 Å². The molecule has 9 nitrogen and oxygen atoms in total. The Labute approximate surface area is 207 Å². The van der Waals surface area contributed by atoms with Gasteiger partial charge in [0.25, 0.3) is 21.8 Å². The quantitative estimate of drug-likeness (QED) is 0.402. The third kappa shape index (κ3) is 3.48. The molecule has 2 aromatic heterocycles. The lowest BCUT2D eigenvalue weighted by Gasteiger charge is -2.28. The van der Waals surface area contributed by atoms with Crippen LogP contribution < -0.4 is 9.62 Å². The lowest BCUT2D eigenvalue weighted by Crippen LogP contribution is -2.34. The maximum absolute atomic E-state index is 13.9. The zero-order valence-corrected chi connectivity index (χ0v) is 20.1. The van der Waals surface area contributed by atoms with Crippen LogP contribution >= 0.6 is 0 Å². The fourth-order valence-corrected chi connectivity index (χ4v) is 6.60. The van der Waals surface area contributed by atoms with E-state index >= 15 is 0 Å². The second-order valence-electron chi connectivity index (χ2n) is 9.01. The van der Waals surface area contributed by atoms with Gasteiger partial charge in [-0.25, -0.2) is 23.3 Å². The van der Waals surface area contributed by atoms with Crippen LogP contribution in [0.4, 0.5) is 11.5 Å². The van der Waals surface area contributed by atoms with E-state index in [4.69, 9.17) is 0 Å². The third-order valence-electron chi connectivity index (χ3n) is 6.79. The molecule has 0 spiro atoms. The molecule has 3 heterocycles. The van der Waals surface area contributed by atoms with E-state index in [9.17, 15) is 18.0 Å². The van der Waals surface area contributed by atoms with E-state index in [-0.39, 0.29) is 33.4 Å². The minimum atomic E-state index is -4.28. The summed E-state index contributed by atoms with van der Waals surface area (Å²) in [5.41, 5.74) is 1.29. The van der Waals surface area contributed by atoms with E-state index in [1.165, 1.54) is 12.4 Å². The molecule has 6 rings (SSSR count). The van der Waals surface area contributed by atoms with Crippen LogP contribution in [-0.2, 0) is 10.0 Å². The van der Waals surface area contributed by atoms with Crippen LogP contribution in [0.3, 0.4) is 0 Å². The van der Waals surface area contributed by atoms with Crippen molar-refractivity contribution in [1.82, 2.24) is 14.5 Å². The minimum Gasteiger partial charge on any atom is -0.306 e. The van der Waals surface area contributed by atoms with Crippen LogP contribution in [0.2, 0.25) is 0 Å². The first kappa shape index (κ1) is 22.4. The molecule has 2 aliphatic rings. The normalized spacial score (nSPS) is 16.5. The summed E-state index contributed by atoms with van der Waals surface area (Å²) in [6.07, 6.45) is 7.46. The number of aromatic nitrogens is 3. The van der Waals surface area contributed by atoms with Crippen LogP contribution in [0.25, 0.3) is 11.2 Å². The largest absolute Gasteiger partial charge is 0.306 e. The molecule has 1 saturated carbocycles. The van der Waals surface area contributed by atoms with Crippen LogP contribution in [0, 0.1) is 0 Å². The Morgan fingerprint density at radius 1 is 0.806 bits per heavy atom. The topological polar surface area (TPSA) is 114 Å². The molecule has 0 radical (unpaired) electrons. The first-order valence-corrected chi connectivity index (χ1v) is 13.4. The third-order valence-corrected chi connectivity index (χ3v) is 8.21. The van der Waals surface area contributed by atoms with Crippen molar-refractivity contribution in [3.05, 3.63) is 78.1 Å². The summed E-state index contributed by atoms with van der Waals surface area (Å²) in [5.74, 6) is -1.13. The molecule has 0 saturated heterocycles. The summed E-state index contributed by atoms with van der Waals surface area (Å²) < 4.78 is 32.2. The molecule has 4 aromatic rings. The lowest BCUT2D eigenvalue weighted by molar-refractivity contribution is 0.0922. The Balaban J connectivity index is 1.64. The molecule has 182 valence electrons. The number of sulfonamides is 1. The summed E-state index contributed by atoms with van der Waals surface area (Å²) in [4.78, 5) is 36.8. The van der Waals surface area contributed by atoms with Crippen molar-refractivity contribution in [2.75, 3.05) is 9.62 Å². The number of hydrogen-bond donors (Lipinski definition) is 1. The highest BCUT2D eigenvalue weighted by Gasteiger charge is 2.44. The Bertz CT molecular complexity index is 1570. The van der Waals surface area contributed by atoms with Crippen molar-refractivity contribution >= 4 is 44.5 Å². The van der Waals surface area contributed by atoms with E-state index in [2.05, 4.69) is 14.7 Å². The summed E-state index contributed by atoms with van der Waals surface area (Å²) in [7, 11) is -4.28. The summed E-state index contributed by atoms with van der Waals surface area (Å²) in [6.45, 7) is 0. The number of nitrogens with one attached hydrogen (secondary N) is 1. The fourth-order valence-electron chi connectivity index (χ4n) is 5.22. The molecule has 2 amide bonds. The number of hydrogen-bond acceptors (Lipinski definition) is 6. The van der Waals surface area contributed by atoms with Gasteiger partial charge in [-0.05, 0) is 37.1 Å². The smallest absolute Gasteiger partial charge is 0.267 e. The monoisotopic (exact) mass is 501 g/mol. The maximum Gasteiger partial charge on any atom is 0.267 e.